The molecule has 0 saturated heterocycles. The molecule has 0 atom stereocenters. The highest BCUT2D eigenvalue weighted by atomic mass is 16.1. The first-order valence-electron chi connectivity index (χ1n) is 4.86. The fourth-order valence-corrected chi connectivity index (χ4v) is 1.81. The van der Waals surface area contributed by atoms with Crippen molar-refractivity contribution in [2.24, 2.45) is 12.8 Å². The first-order valence-corrected chi connectivity index (χ1v) is 4.86. The summed E-state index contributed by atoms with van der Waals surface area (Å²) >= 11 is 0. The highest BCUT2D eigenvalue weighted by Gasteiger charge is 2.24. The Hall–Kier alpha value is -2.17. The van der Waals surface area contributed by atoms with Crippen molar-refractivity contribution in [3.63, 3.8) is 0 Å². The number of carbonyl (C=O) groups is 1. The Bertz CT molecular complexity index is 549. The Morgan fingerprint density at radius 1 is 1.56 bits per heavy atom. The average Bonchev–Trinajstić information content (AvgIpc) is 2.57. The van der Waals surface area contributed by atoms with Crippen LogP contribution in [0.2, 0.25) is 0 Å². The van der Waals surface area contributed by atoms with Crippen LogP contribution in [-0.2, 0) is 7.05 Å². The van der Waals surface area contributed by atoms with E-state index < -0.39 is 5.91 Å². The van der Waals surface area contributed by atoms with Crippen molar-refractivity contribution in [2.75, 3.05) is 0 Å². The van der Waals surface area contributed by atoms with Gasteiger partial charge in [0.05, 0.1) is 11.4 Å². The summed E-state index contributed by atoms with van der Waals surface area (Å²) in [6.45, 7) is 1.87. The quantitative estimate of drug-likeness (QED) is 0.729. The van der Waals surface area contributed by atoms with Gasteiger partial charge in [-0.1, -0.05) is 12.2 Å². The molecule has 0 saturated carbocycles. The van der Waals surface area contributed by atoms with Crippen LogP contribution in [0.5, 0.6) is 0 Å². The largest absolute Gasteiger partial charge is 0.364 e. The third-order valence-corrected chi connectivity index (χ3v) is 2.58. The van der Waals surface area contributed by atoms with Crippen LogP contribution in [0.15, 0.2) is 17.7 Å². The first kappa shape index (κ1) is 10.4. The zero-order valence-corrected chi connectivity index (χ0v) is 9.11. The van der Waals surface area contributed by atoms with Crippen LogP contribution < -0.4 is 5.73 Å². The Kier molecular flexibility index (Phi) is 2.23. The van der Waals surface area contributed by atoms with Gasteiger partial charge in [0.2, 0.25) is 0 Å². The molecular formula is C11H12N4O. The molecule has 1 heterocycles. The van der Waals surface area contributed by atoms with Gasteiger partial charge < -0.3 is 5.73 Å². The van der Waals surface area contributed by atoms with E-state index in [4.69, 9.17) is 11.1 Å². The number of aryl methyl sites for hydroxylation is 1. The summed E-state index contributed by atoms with van der Waals surface area (Å²) in [6.07, 6.45) is 5.41. The fourth-order valence-electron chi connectivity index (χ4n) is 1.81. The molecule has 1 aromatic rings. The number of aromatic nitrogens is 2. The van der Waals surface area contributed by atoms with Crippen molar-refractivity contribution < 1.29 is 4.79 Å². The summed E-state index contributed by atoms with van der Waals surface area (Å²) in [4.78, 5) is 11.2. The predicted octanol–water partition coefficient (Wildman–Crippen LogP) is 0.860. The molecule has 1 aliphatic carbocycles. The molecule has 0 unspecified atom stereocenters. The summed E-state index contributed by atoms with van der Waals surface area (Å²) in [5.74, 6) is -0.571. The van der Waals surface area contributed by atoms with Crippen molar-refractivity contribution in [3.05, 3.63) is 34.7 Å². The maximum absolute atomic E-state index is 11.2. The van der Waals surface area contributed by atoms with Crippen molar-refractivity contribution >= 4 is 17.7 Å². The molecule has 0 spiro atoms. The SMILES string of the molecule is C/C=C1/C=Cc2c(C(N)=O)nn(C)c2C1=N. The second-order valence-corrected chi connectivity index (χ2v) is 3.55. The van der Waals surface area contributed by atoms with Gasteiger partial charge >= 0.3 is 0 Å². The first-order chi connectivity index (χ1) is 7.56. The highest BCUT2D eigenvalue weighted by molar-refractivity contribution is 6.17. The van der Waals surface area contributed by atoms with Crippen LogP contribution >= 0.6 is 0 Å². The molecular weight excluding hydrogens is 204 g/mol. The Morgan fingerprint density at radius 2 is 2.25 bits per heavy atom. The van der Waals surface area contributed by atoms with E-state index in [1.54, 1.807) is 19.2 Å². The number of amides is 1. The molecule has 5 heteroatoms. The van der Waals surface area contributed by atoms with E-state index in [1.165, 1.54) is 4.68 Å². The molecule has 2 rings (SSSR count). The van der Waals surface area contributed by atoms with E-state index in [1.807, 2.05) is 13.0 Å². The molecule has 0 aromatic carbocycles. The Labute approximate surface area is 92.8 Å². The van der Waals surface area contributed by atoms with Crippen LogP contribution in [0.4, 0.5) is 0 Å². The number of hydrogen-bond donors (Lipinski definition) is 2. The van der Waals surface area contributed by atoms with Gasteiger partial charge in [-0.25, -0.2) is 0 Å². The molecule has 82 valence electrons. The van der Waals surface area contributed by atoms with Crippen LogP contribution in [0, 0.1) is 5.41 Å². The van der Waals surface area contributed by atoms with Gasteiger partial charge in [-0.15, -0.1) is 0 Å². The lowest BCUT2D eigenvalue weighted by Gasteiger charge is -2.11. The third-order valence-electron chi connectivity index (χ3n) is 2.58. The summed E-state index contributed by atoms with van der Waals surface area (Å²) < 4.78 is 1.52. The molecule has 1 aromatic heterocycles. The number of hydrogen-bond acceptors (Lipinski definition) is 3. The monoisotopic (exact) mass is 216 g/mol. The van der Waals surface area contributed by atoms with Crippen molar-refractivity contribution in [1.29, 1.82) is 5.41 Å². The second kappa shape index (κ2) is 3.44. The summed E-state index contributed by atoms with van der Waals surface area (Å²) in [5, 5.41) is 12.0. The molecule has 0 fully saturated rings. The molecule has 3 N–H and O–H groups in total. The molecule has 0 aliphatic heterocycles. The normalized spacial score (nSPS) is 16.6. The number of allylic oxidation sites excluding steroid dienone is 3. The third kappa shape index (κ3) is 1.29. The van der Waals surface area contributed by atoms with E-state index in [9.17, 15) is 4.79 Å². The minimum Gasteiger partial charge on any atom is -0.364 e. The zero-order chi connectivity index (χ0) is 11.9. The average molecular weight is 216 g/mol. The van der Waals surface area contributed by atoms with Gasteiger partial charge in [-0.05, 0) is 18.6 Å². The minimum atomic E-state index is -0.571. The number of nitrogens with one attached hydrogen (secondary N) is 1. The van der Waals surface area contributed by atoms with Gasteiger partial charge in [-0.2, -0.15) is 5.10 Å². The number of nitrogens with two attached hydrogens (primary N) is 1. The number of carbonyl (C=O) groups excluding carboxylic acids is 1. The lowest BCUT2D eigenvalue weighted by atomic mass is 9.96. The molecule has 5 nitrogen and oxygen atoms in total. The standard InChI is InChI=1S/C11H12N4O/c1-3-6-4-5-7-9(11(13)16)14-15(2)10(7)8(6)12/h3-5,12H,1-2H3,(H2,13,16)/b6-3-,12-8?. The van der Waals surface area contributed by atoms with Gasteiger partial charge in [0, 0.05) is 12.6 Å². The lowest BCUT2D eigenvalue weighted by molar-refractivity contribution is 0.0994. The zero-order valence-electron chi connectivity index (χ0n) is 9.11. The van der Waals surface area contributed by atoms with E-state index in [-0.39, 0.29) is 5.69 Å². The van der Waals surface area contributed by atoms with Gasteiger partial charge in [0.25, 0.3) is 5.91 Å². The predicted molar refractivity (Wildman–Crippen MR) is 61.3 cm³/mol. The number of fused-ring (bicyclic) bond motifs is 1. The van der Waals surface area contributed by atoms with Crippen LogP contribution in [0.3, 0.4) is 0 Å². The minimum absolute atomic E-state index is 0.216. The molecule has 0 radical (unpaired) electrons. The summed E-state index contributed by atoms with van der Waals surface area (Å²) in [5.41, 5.74) is 7.88. The topological polar surface area (TPSA) is 84.8 Å². The smallest absolute Gasteiger partial charge is 0.269 e. The van der Waals surface area contributed by atoms with Crippen LogP contribution in [0.1, 0.15) is 28.7 Å². The van der Waals surface area contributed by atoms with Gasteiger partial charge in [0.15, 0.2) is 5.69 Å². The highest BCUT2D eigenvalue weighted by Crippen LogP contribution is 2.24. The molecule has 0 bridgehead atoms. The number of rotatable bonds is 1. The van der Waals surface area contributed by atoms with E-state index in [2.05, 4.69) is 5.10 Å². The Morgan fingerprint density at radius 3 is 2.81 bits per heavy atom. The van der Waals surface area contributed by atoms with E-state index in [0.717, 1.165) is 5.57 Å². The van der Waals surface area contributed by atoms with Gasteiger partial charge in [0.1, 0.15) is 0 Å². The summed E-state index contributed by atoms with van der Waals surface area (Å²) in [6, 6.07) is 0. The van der Waals surface area contributed by atoms with Crippen molar-refractivity contribution in [1.82, 2.24) is 9.78 Å². The van der Waals surface area contributed by atoms with Crippen LogP contribution in [0.25, 0.3) is 6.08 Å². The second-order valence-electron chi connectivity index (χ2n) is 3.55. The number of nitrogens with zero attached hydrogens (tertiary/aromatic N) is 2. The maximum Gasteiger partial charge on any atom is 0.269 e. The maximum atomic E-state index is 11.2. The molecule has 1 aliphatic rings. The Balaban J connectivity index is 2.70. The van der Waals surface area contributed by atoms with E-state index >= 15 is 0 Å². The molecule has 1 amide bonds. The van der Waals surface area contributed by atoms with Crippen molar-refractivity contribution in [3.8, 4) is 0 Å². The van der Waals surface area contributed by atoms with E-state index in [0.29, 0.717) is 17.0 Å². The molecule has 16 heavy (non-hydrogen) atoms. The lowest BCUT2D eigenvalue weighted by Crippen LogP contribution is -2.14. The van der Waals surface area contributed by atoms with Crippen LogP contribution in [-0.4, -0.2) is 21.4 Å². The number of primary amides is 1. The fraction of sp³-hybridized carbons (Fsp3) is 0.182. The van der Waals surface area contributed by atoms with Gasteiger partial charge in [-0.3, -0.25) is 14.9 Å². The summed E-state index contributed by atoms with van der Waals surface area (Å²) in [7, 11) is 1.70. The van der Waals surface area contributed by atoms with Crippen molar-refractivity contribution in [2.45, 2.75) is 6.92 Å².